The summed E-state index contributed by atoms with van der Waals surface area (Å²) in [5.41, 5.74) is 0.526. The standard InChI is InChI=1S/C10H13N5O2/c1-5-4-8(7(3)17-5)10(16)11-6(2)9-12-14-15-13-9/h4,6H,1-3H3,(H,11,16)(H,12,13,14,15). The molecule has 0 bridgehead atoms. The second kappa shape index (κ2) is 4.36. The van der Waals surface area contributed by atoms with Crippen molar-refractivity contribution < 1.29 is 9.21 Å². The minimum Gasteiger partial charge on any atom is -0.466 e. The van der Waals surface area contributed by atoms with Gasteiger partial charge in [-0.15, -0.1) is 10.2 Å². The van der Waals surface area contributed by atoms with Crippen molar-refractivity contribution in [3.05, 3.63) is 29.0 Å². The first kappa shape index (κ1) is 11.3. The van der Waals surface area contributed by atoms with Crippen LogP contribution in [0, 0.1) is 13.8 Å². The lowest BCUT2D eigenvalue weighted by Crippen LogP contribution is -2.27. The van der Waals surface area contributed by atoms with Crippen LogP contribution in [0.3, 0.4) is 0 Å². The molecule has 2 aromatic heterocycles. The van der Waals surface area contributed by atoms with Crippen molar-refractivity contribution in [1.82, 2.24) is 25.9 Å². The topological polar surface area (TPSA) is 96.7 Å². The molecule has 0 fully saturated rings. The Morgan fingerprint density at radius 1 is 1.53 bits per heavy atom. The van der Waals surface area contributed by atoms with Gasteiger partial charge in [-0.25, -0.2) is 0 Å². The van der Waals surface area contributed by atoms with Crippen LogP contribution in [0.1, 0.15) is 40.7 Å². The first-order valence-electron chi connectivity index (χ1n) is 5.19. The predicted molar refractivity (Wildman–Crippen MR) is 58.2 cm³/mol. The van der Waals surface area contributed by atoms with Crippen molar-refractivity contribution >= 4 is 5.91 Å². The van der Waals surface area contributed by atoms with E-state index in [0.717, 1.165) is 0 Å². The van der Waals surface area contributed by atoms with Crippen LogP contribution in [0.25, 0.3) is 0 Å². The molecule has 7 nitrogen and oxygen atoms in total. The predicted octanol–water partition coefficient (Wildman–Crippen LogP) is 0.901. The van der Waals surface area contributed by atoms with E-state index < -0.39 is 0 Å². The zero-order valence-electron chi connectivity index (χ0n) is 9.81. The van der Waals surface area contributed by atoms with Gasteiger partial charge in [-0.2, -0.15) is 5.21 Å². The van der Waals surface area contributed by atoms with E-state index in [4.69, 9.17) is 4.42 Å². The van der Waals surface area contributed by atoms with Crippen LogP contribution < -0.4 is 5.32 Å². The zero-order chi connectivity index (χ0) is 12.4. The number of hydrogen-bond acceptors (Lipinski definition) is 5. The van der Waals surface area contributed by atoms with Crippen LogP contribution in [0.15, 0.2) is 10.5 Å². The fraction of sp³-hybridized carbons (Fsp3) is 0.400. The van der Waals surface area contributed by atoms with Gasteiger partial charge in [0.15, 0.2) is 5.82 Å². The largest absolute Gasteiger partial charge is 0.466 e. The lowest BCUT2D eigenvalue weighted by Gasteiger charge is -2.08. The first-order chi connectivity index (χ1) is 8.08. The molecule has 2 heterocycles. The van der Waals surface area contributed by atoms with Gasteiger partial charge in [0, 0.05) is 0 Å². The summed E-state index contributed by atoms with van der Waals surface area (Å²) in [5.74, 6) is 1.54. The van der Waals surface area contributed by atoms with Crippen molar-refractivity contribution in [3.63, 3.8) is 0 Å². The SMILES string of the molecule is Cc1cc(C(=O)NC(C)c2nn[nH]n2)c(C)o1. The average Bonchev–Trinajstić information content (AvgIpc) is 2.87. The van der Waals surface area contributed by atoms with Crippen LogP contribution in [0.2, 0.25) is 0 Å². The maximum atomic E-state index is 11.9. The van der Waals surface area contributed by atoms with Gasteiger partial charge >= 0.3 is 0 Å². The van der Waals surface area contributed by atoms with Crippen molar-refractivity contribution in [2.45, 2.75) is 26.8 Å². The fourth-order valence-electron chi connectivity index (χ4n) is 1.55. The number of carbonyl (C=O) groups excluding carboxylic acids is 1. The summed E-state index contributed by atoms with van der Waals surface area (Å²) in [4.78, 5) is 11.9. The number of aromatic nitrogens is 4. The Balaban J connectivity index is 2.09. The highest BCUT2D eigenvalue weighted by molar-refractivity contribution is 5.95. The highest BCUT2D eigenvalue weighted by Crippen LogP contribution is 2.15. The van der Waals surface area contributed by atoms with Crippen molar-refractivity contribution in [2.75, 3.05) is 0 Å². The molecule has 0 aliphatic rings. The number of aromatic amines is 1. The highest BCUT2D eigenvalue weighted by Gasteiger charge is 2.18. The number of amides is 1. The summed E-state index contributed by atoms with van der Waals surface area (Å²) in [6, 6.07) is 1.39. The quantitative estimate of drug-likeness (QED) is 0.823. The molecule has 0 aliphatic carbocycles. The molecule has 0 aliphatic heterocycles. The number of nitrogens with one attached hydrogen (secondary N) is 2. The Hall–Kier alpha value is -2.18. The molecule has 1 amide bonds. The Bertz CT molecular complexity index is 517. The maximum Gasteiger partial charge on any atom is 0.255 e. The third-order valence-electron chi connectivity index (χ3n) is 2.38. The second-order valence-electron chi connectivity index (χ2n) is 3.79. The summed E-state index contributed by atoms with van der Waals surface area (Å²) in [7, 11) is 0. The number of tetrazole rings is 1. The number of H-pyrrole nitrogens is 1. The van der Waals surface area contributed by atoms with Gasteiger partial charge in [-0.1, -0.05) is 5.21 Å². The smallest absolute Gasteiger partial charge is 0.255 e. The van der Waals surface area contributed by atoms with Gasteiger partial charge in [0.25, 0.3) is 5.91 Å². The number of nitrogens with zero attached hydrogens (tertiary/aromatic N) is 3. The van der Waals surface area contributed by atoms with E-state index in [0.29, 0.717) is 22.9 Å². The number of furan rings is 1. The molecule has 1 unspecified atom stereocenters. The highest BCUT2D eigenvalue weighted by atomic mass is 16.3. The number of hydrogen-bond donors (Lipinski definition) is 2. The average molecular weight is 235 g/mol. The Morgan fingerprint density at radius 3 is 2.82 bits per heavy atom. The van der Waals surface area contributed by atoms with Gasteiger partial charge in [-0.05, 0) is 26.8 Å². The van der Waals surface area contributed by atoms with Gasteiger partial charge in [-0.3, -0.25) is 4.79 Å². The lowest BCUT2D eigenvalue weighted by molar-refractivity contribution is 0.0937. The third kappa shape index (κ3) is 2.32. The molecular formula is C10H13N5O2. The molecule has 0 spiro atoms. The Kier molecular flexibility index (Phi) is 2.90. The van der Waals surface area contributed by atoms with Crippen LogP contribution in [-0.4, -0.2) is 26.5 Å². The van der Waals surface area contributed by atoms with Crippen molar-refractivity contribution in [3.8, 4) is 0 Å². The minimum absolute atomic E-state index is 0.211. The zero-order valence-corrected chi connectivity index (χ0v) is 9.81. The molecule has 7 heteroatoms. The van der Waals surface area contributed by atoms with Crippen LogP contribution in [-0.2, 0) is 0 Å². The van der Waals surface area contributed by atoms with Crippen LogP contribution in [0.4, 0.5) is 0 Å². The second-order valence-corrected chi connectivity index (χ2v) is 3.79. The molecule has 0 radical (unpaired) electrons. The molecule has 2 aromatic rings. The maximum absolute atomic E-state index is 11.9. The van der Waals surface area contributed by atoms with Crippen LogP contribution in [0.5, 0.6) is 0 Å². The van der Waals surface area contributed by atoms with E-state index in [-0.39, 0.29) is 11.9 Å². The van der Waals surface area contributed by atoms with Crippen molar-refractivity contribution in [1.29, 1.82) is 0 Å². The molecule has 0 saturated carbocycles. The van der Waals surface area contributed by atoms with Crippen LogP contribution >= 0.6 is 0 Å². The molecular weight excluding hydrogens is 222 g/mol. The molecule has 2 rings (SSSR count). The molecule has 17 heavy (non-hydrogen) atoms. The summed E-state index contributed by atoms with van der Waals surface area (Å²) >= 11 is 0. The van der Waals surface area contributed by atoms with Gasteiger partial charge in [0.2, 0.25) is 0 Å². The molecule has 0 saturated heterocycles. The normalized spacial score (nSPS) is 12.4. The van der Waals surface area contributed by atoms with E-state index in [9.17, 15) is 4.79 Å². The minimum atomic E-state index is -0.309. The molecule has 90 valence electrons. The lowest BCUT2D eigenvalue weighted by atomic mass is 10.2. The summed E-state index contributed by atoms with van der Waals surface area (Å²) in [6.07, 6.45) is 0. The van der Waals surface area contributed by atoms with Gasteiger partial charge < -0.3 is 9.73 Å². The summed E-state index contributed by atoms with van der Waals surface area (Å²) in [6.45, 7) is 5.33. The Labute approximate surface area is 97.6 Å². The van der Waals surface area contributed by atoms with Gasteiger partial charge in [0.1, 0.15) is 11.5 Å². The number of aryl methyl sites for hydroxylation is 2. The first-order valence-corrected chi connectivity index (χ1v) is 5.19. The fourth-order valence-corrected chi connectivity index (χ4v) is 1.55. The monoisotopic (exact) mass is 235 g/mol. The van der Waals surface area contributed by atoms with E-state index in [1.165, 1.54) is 0 Å². The summed E-state index contributed by atoms with van der Waals surface area (Å²) < 4.78 is 5.30. The number of rotatable bonds is 3. The number of carbonyl (C=O) groups is 1. The molecule has 2 N–H and O–H groups in total. The van der Waals surface area contributed by atoms with E-state index >= 15 is 0 Å². The van der Waals surface area contributed by atoms with Crippen molar-refractivity contribution in [2.24, 2.45) is 0 Å². The summed E-state index contributed by atoms with van der Waals surface area (Å²) in [5, 5.41) is 16.2. The molecule has 0 aromatic carbocycles. The van der Waals surface area contributed by atoms with Gasteiger partial charge in [0.05, 0.1) is 11.6 Å². The van der Waals surface area contributed by atoms with E-state index in [2.05, 4.69) is 25.9 Å². The Morgan fingerprint density at radius 2 is 2.29 bits per heavy atom. The third-order valence-corrected chi connectivity index (χ3v) is 2.38. The molecule has 1 atom stereocenters. The van der Waals surface area contributed by atoms with E-state index in [1.54, 1.807) is 26.8 Å². The van der Waals surface area contributed by atoms with E-state index in [1.807, 2.05) is 0 Å².